The van der Waals surface area contributed by atoms with Gasteiger partial charge in [-0.3, -0.25) is 0 Å². The van der Waals surface area contributed by atoms with Gasteiger partial charge in [-0.25, -0.2) is 4.79 Å². The number of aliphatic hydroxyl groups is 1. The fourth-order valence-corrected chi connectivity index (χ4v) is 1.69. The lowest BCUT2D eigenvalue weighted by atomic mass is 9.91. The molecule has 4 nitrogen and oxygen atoms in total. The van der Waals surface area contributed by atoms with Gasteiger partial charge >= 0.3 is 6.09 Å². The van der Waals surface area contributed by atoms with E-state index in [1.165, 1.54) is 0 Å². The number of hydrogen-bond acceptors (Lipinski definition) is 2. The van der Waals surface area contributed by atoms with Crippen LogP contribution in [0.1, 0.15) is 37.9 Å². The number of amides is 1. The molecular formula is C14H17NO3. The van der Waals surface area contributed by atoms with E-state index in [1.54, 1.807) is 45.0 Å². The maximum atomic E-state index is 10.8. The van der Waals surface area contributed by atoms with E-state index in [1.807, 2.05) is 0 Å². The number of carboxylic acid groups (broad SMARTS) is 1. The van der Waals surface area contributed by atoms with Gasteiger partial charge in [-0.1, -0.05) is 18.1 Å². The summed E-state index contributed by atoms with van der Waals surface area (Å²) in [4.78, 5) is 10.8. The van der Waals surface area contributed by atoms with E-state index in [4.69, 9.17) is 5.11 Å². The maximum Gasteiger partial charge on any atom is 0.405 e. The Balaban J connectivity index is 3.05. The zero-order valence-electron chi connectivity index (χ0n) is 10.7. The Kier molecular flexibility index (Phi) is 4.35. The summed E-state index contributed by atoms with van der Waals surface area (Å²) in [5, 5.41) is 21.1. The molecule has 0 aliphatic rings. The van der Waals surface area contributed by atoms with E-state index in [-0.39, 0.29) is 0 Å². The molecule has 0 unspecified atom stereocenters. The molecule has 0 aliphatic carbocycles. The van der Waals surface area contributed by atoms with E-state index in [2.05, 4.69) is 17.2 Å². The minimum atomic E-state index is -1.18. The summed E-state index contributed by atoms with van der Waals surface area (Å²) in [7, 11) is 0. The standard InChI is InChI=1S/C14H17NO3/c1-4-5-10-6-8-11(9-7-10)12(14(2,3)18)15-13(16)17/h6-9,12,15,18H,1-3H3,(H,16,17)/t12-/m1/s1. The van der Waals surface area contributed by atoms with Crippen LogP contribution in [-0.2, 0) is 0 Å². The van der Waals surface area contributed by atoms with E-state index in [9.17, 15) is 9.90 Å². The van der Waals surface area contributed by atoms with Crippen molar-refractivity contribution < 1.29 is 15.0 Å². The van der Waals surface area contributed by atoms with Gasteiger partial charge in [0.15, 0.2) is 0 Å². The van der Waals surface area contributed by atoms with Crippen molar-refractivity contribution in [3.63, 3.8) is 0 Å². The lowest BCUT2D eigenvalue weighted by molar-refractivity contribution is 0.0372. The Labute approximate surface area is 107 Å². The molecule has 0 radical (unpaired) electrons. The second-order valence-electron chi connectivity index (χ2n) is 4.53. The quantitative estimate of drug-likeness (QED) is 0.717. The molecule has 0 aliphatic heterocycles. The van der Waals surface area contributed by atoms with E-state index in [0.717, 1.165) is 5.56 Å². The van der Waals surface area contributed by atoms with Gasteiger partial charge < -0.3 is 15.5 Å². The molecule has 0 spiro atoms. The maximum absolute atomic E-state index is 10.8. The van der Waals surface area contributed by atoms with Gasteiger partial charge in [-0.2, -0.15) is 0 Å². The monoisotopic (exact) mass is 247 g/mol. The van der Waals surface area contributed by atoms with Crippen molar-refractivity contribution in [1.82, 2.24) is 5.32 Å². The van der Waals surface area contributed by atoms with E-state index < -0.39 is 17.7 Å². The van der Waals surface area contributed by atoms with Crippen LogP contribution in [0.15, 0.2) is 24.3 Å². The molecule has 0 aromatic heterocycles. The van der Waals surface area contributed by atoms with Crippen LogP contribution >= 0.6 is 0 Å². The third-order valence-electron chi connectivity index (χ3n) is 2.49. The molecule has 0 heterocycles. The second kappa shape index (κ2) is 5.56. The molecule has 18 heavy (non-hydrogen) atoms. The van der Waals surface area contributed by atoms with Gasteiger partial charge in [0.05, 0.1) is 11.6 Å². The smallest absolute Gasteiger partial charge is 0.405 e. The van der Waals surface area contributed by atoms with Crippen molar-refractivity contribution in [2.75, 3.05) is 0 Å². The Morgan fingerprint density at radius 2 is 1.89 bits per heavy atom. The minimum absolute atomic E-state index is 0.682. The highest BCUT2D eigenvalue weighted by Crippen LogP contribution is 2.25. The predicted octanol–water partition coefficient (Wildman–Crippen LogP) is 2.14. The van der Waals surface area contributed by atoms with Gasteiger partial charge in [0, 0.05) is 5.56 Å². The highest BCUT2D eigenvalue weighted by atomic mass is 16.4. The highest BCUT2D eigenvalue weighted by molar-refractivity contribution is 5.65. The molecule has 1 rings (SSSR count). The van der Waals surface area contributed by atoms with E-state index >= 15 is 0 Å². The van der Waals surface area contributed by atoms with Crippen LogP contribution in [0.5, 0.6) is 0 Å². The third kappa shape index (κ3) is 3.79. The fraction of sp³-hybridized carbons (Fsp3) is 0.357. The van der Waals surface area contributed by atoms with Gasteiger partial charge in [-0.05, 0) is 38.5 Å². The number of carbonyl (C=O) groups is 1. The van der Waals surface area contributed by atoms with Crippen LogP contribution in [-0.4, -0.2) is 21.9 Å². The molecule has 96 valence electrons. The first-order valence-electron chi connectivity index (χ1n) is 5.59. The molecular weight excluding hydrogens is 230 g/mol. The molecule has 4 heteroatoms. The van der Waals surface area contributed by atoms with Gasteiger partial charge in [0.1, 0.15) is 0 Å². The lowest BCUT2D eigenvalue weighted by Crippen LogP contribution is -2.41. The first kappa shape index (κ1) is 14.1. The Morgan fingerprint density at radius 1 is 1.33 bits per heavy atom. The molecule has 1 aromatic rings. The first-order chi connectivity index (χ1) is 8.34. The third-order valence-corrected chi connectivity index (χ3v) is 2.49. The normalized spacial score (nSPS) is 12.2. The van der Waals surface area contributed by atoms with E-state index in [0.29, 0.717) is 5.56 Å². The number of hydrogen-bond donors (Lipinski definition) is 3. The fourth-order valence-electron chi connectivity index (χ4n) is 1.69. The minimum Gasteiger partial charge on any atom is -0.465 e. The van der Waals surface area contributed by atoms with Crippen LogP contribution < -0.4 is 5.32 Å². The zero-order valence-corrected chi connectivity index (χ0v) is 10.7. The van der Waals surface area contributed by atoms with Crippen molar-refractivity contribution in [1.29, 1.82) is 0 Å². The number of benzene rings is 1. The second-order valence-corrected chi connectivity index (χ2v) is 4.53. The van der Waals surface area contributed by atoms with Crippen LogP contribution in [0.4, 0.5) is 4.79 Å². The Morgan fingerprint density at radius 3 is 2.28 bits per heavy atom. The topological polar surface area (TPSA) is 69.6 Å². The molecule has 0 bridgehead atoms. The summed E-state index contributed by atoms with van der Waals surface area (Å²) in [5.74, 6) is 5.69. The molecule has 0 saturated carbocycles. The number of nitrogens with one attached hydrogen (secondary N) is 1. The van der Waals surface area contributed by atoms with Gasteiger partial charge in [0.25, 0.3) is 0 Å². The summed E-state index contributed by atoms with van der Waals surface area (Å²) < 4.78 is 0. The average molecular weight is 247 g/mol. The molecule has 3 N–H and O–H groups in total. The molecule has 1 aromatic carbocycles. The summed E-state index contributed by atoms with van der Waals surface area (Å²) in [6, 6.07) is 6.44. The van der Waals surface area contributed by atoms with Gasteiger partial charge in [0.2, 0.25) is 0 Å². The summed E-state index contributed by atoms with van der Waals surface area (Å²) >= 11 is 0. The van der Waals surface area contributed by atoms with Crippen molar-refractivity contribution in [3.8, 4) is 11.8 Å². The van der Waals surface area contributed by atoms with Crippen LogP contribution in [0.25, 0.3) is 0 Å². The lowest BCUT2D eigenvalue weighted by Gasteiger charge is -2.29. The Hall–Kier alpha value is -1.99. The Bertz CT molecular complexity index is 474. The zero-order chi connectivity index (χ0) is 13.8. The first-order valence-corrected chi connectivity index (χ1v) is 5.59. The van der Waals surface area contributed by atoms with Crippen LogP contribution in [0, 0.1) is 11.8 Å². The van der Waals surface area contributed by atoms with Crippen LogP contribution in [0.3, 0.4) is 0 Å². The predicted molar refractivity (Wildman–Crippen MR) is 69.2 cm³/mol. The summed E-state index contributed by atoms with van der Waals surface area (Å²) in [6.07, 6.45) is -1.17. The SMILES string of the molecule is CC#Cc1ccc([C@@H](NC(=O)O)C(C)(C)O)cc1. The molecule has 0 saturated heterocycles. The molecule has 0 fully saturated rings. The summed E-state index contributed by atoms with van der Waals surface area (Å²) in [5.41, 5.74) is 0.369. The van der Waals surface area contributed by atoms with Crippen molar-refractivity contribution in [2.24, 2.45) is 0 Å². The van der Waals surface area contributed by atoms with Crippen LogP contribution in [0.2, 0.25) is 0 Å². The molecule has 1 amide bonds. The number of rotatable bonds is 3. The largest absolute Gasteiger partial charge is 0.465 e. The molecule has 1 atom stereocenters. The van der Waals surface area contributed by atoms with Crippen molar-refractivity contribution in [3.05, 3.63) is 35.4 Å². The highest BCUT2D eigenvalue weighted by Gasteiger charge is 2.29. The van der Waals surface area contributed by atoms with Gasteiger partial charge in [-0.15, -0.1) is 5.92 Å². The summed E-state index contributed by atoms with van der Waals surface area (Å²) in [6.45, 7) is 4.88. The average Bonchev–Trinajstić information content (AvgIpc) is 2.26. The van der Waals surface area contributed by atoms with Crippen molar-refractivity contribution in [2.45, 2.75) is 32.4 Å². The van der Waals surface area contributed by atoms with Crippen molar-refractivity contribution >= 4 is 6.09 Å².